The lowest BCUT2D eigenvalue weighted by Gasteiger charge is -2.28. The quantitative estimate of drug-likeness (QED) is 0.460. The van der Waals surface area contributed by atoms with Crippen LogP contribution < -0.4 is 10.1 Å². The third kappa shape index (κ3) is 6.21. The molecule has 2 saturated carbocycles. The Hall–Kier alpha value is -2.32. The topological polar surface area (TPSA) is 86.8 Å². The molecular weight excluding hydrogens is 476 g/mol. The van der Waals surface area contributed by atoms with E-state index in [1.165, 1.54) is 18.4 Å². The van der Waals surface area contributed by atoms with Crippen molar-refractivity contribution in [3.8, 4) is 16.3 Å². The normalized spacial score (nSPS) is 20.7. The first-order chi connectivity index (χ1) is 16.4. The van der Waals surface area contributed by atoms with Gasteiger partial charge >= 0.3 is 12.1 Å². The monoisotopic (exact) mass is 506 g/mol. The number of hydrogen-bond acceptors (Lipinski definition) is 7. The molecule has 34 heavy (non-hydrogen) atoms. The molecule has 2 aliphatic rings. The summed E-state index contributed by atoms with van der Waals surface area (Å²) in [4.78, 5) is 29.7. The average Bonchev–Trinajstić information content (AvgIpc) is 3.48. The number of pyridine rings is 1. The number of amides is 1. The minimum atomic E-state index is -0.397. The highest BCUT2D eigenvalue weighted by Gasteiger charge is 2.29. The van der Waals surface area contributed by atoms with Crippen LogP contribution in [0.5, 0.6) is 5.75 Å². The van der Waals surface area contributed by atoms with Gasteiger partial charge in [0.2, 0.25) is 0 Å². The number of rotatable bonds is 7. The van der Waals surface area contributed by atoms with Crippen LogP contribution in [-0.2, 0) is 20.9 Å². The van der Waals surface area contributed by atoms with Gasteiger partial charge in [0, 0.05) is 11.6 Å². The molecule has 1 N–H and O–H groups in total. The maximum absolute atomic E-state index is 12.2. The summed E-state index contributed by atoms with van der Waals surface area (Å²) in [5, 5.41) is 2.93. The van der Waals surface area contributed by atoms with Crippen molar-refractivity contribution in [3.63, 3.8) is 0 Å². The van der Waals surface area contributed by atoms with Crippen LogP contribution in [0.3, 0.4) is 0 Å². The van der Waals surface area contributed by atoms with Gasteiger partial charge in [-0.2, -0.15) is 0 Å². The predicted octanol–water partition coefficient (Wildman–Crippen LogP) is 6.05. The van der Waals surface area contributed by atoms with Crippen LogP contribution in [0.25, 0.3) is 10.6 Å². The molecule has 2 aliphatic carbocycles. The highest BCUT2D eigenvalue weighted by Crippen LogP contribution is 2.37. The zero-order chi connectivity index (χ0) is 24.1. The van der Waals surface area contributed by atoms with Gasteiger partial charge in [-0.15, -0.1) is 11.3 Å². The van der Waals surface area contributed by atoms with E-state index in [0.29, 0.717) is 16.5 Å². The summed E-state index contributed by atoms with van der Waals surface area (Å²) in [5.41, 5.74) is 2.34. The second kappa shape index (κ2) is 11.4. The molecule has 9 heteroatoms. The molecule has 1 amide bonds. The van der Waals surface area contributed by atoms with Gasteiger partial charge < -0.3 is 19.5 Å². The molecule has 0 aromatic carbocycles. The van der Waals surface area contributed by atoms with Gasteiger partial charge in [0.1, 0.15) is 12.4 Å². The third-order valence-electron chi connectivity index (χ3n) is 6.54. The molecule has 0 radical (unpaired) electrons. The third-order valence-corrected chi connectivity index (χ3v) is 7.87. The smallest absolute Gasteiger partial charge is 0.407 e. The number of esters is 1. The first kappa shape index (κ1) is 24.8. The molecule has 2 atom stereocenters. The Morgan fingerprint density at radius 1 is 1.18 bits per heavy atom. The number of aromatic nitrogens is 1. The van der Waals surface area contributed by atoms with E-state index in [4.69, 9.17) is 30.8 Å². The lowest BCUT2D eigenvalue weighted by atomic mass is 9.87. The largest absolute Gasteiger partial charge is 0.489 e. The van der Waals surface area contributed by atoms with Crippen LogP contribution >= 0.6 is 22.9 Å². The first-order valence-corrected chi connectivity index (χ1v) is 13.1. The van der Waals surface area contributed by atoms with E-state index in [2.05, 4.69) is 5.32 Å². The SMILES string of the molecule is COC(=O)[C@H]1CCC[C@H](Oc2ccc(-c3sc(Cl)cc3COC(=O)NC3CCCC3)nc2C)C1. The van der Waals surface area contributed by atoms with E-state index in [1.54, 1.807) is 0 Å². The summed E-state index contributed by atoms with van der Waals surface area (Å²) in [6.07, 6.45) is 7.19. The Morgan fingerprint density at radius 2 is 1.97 bits per heavy atom. The summed E-state index contributed by atoms with van der Waals surface area (Å²) in [5.74, 6) is 0.424. The van der Waals surface area contributed by atoms with Crippen LogP contribution in [0.4, 0.5) is 4.79 Å². The molecule has 7 nitrogen and oxygen atoms in total. The van der Waals surface area contributed by atoms with Crippen molar-refractivity contribution in [3.05, 3.63) is 33.8 Å². The number of hydrogen-bond donors (Lipinski definition) is 1. The molecule has 0 spiro atoms. The molecule has 2 aromatic heterocycles. The molecule has 4 rings (SSSR count). The van der Waals surface area contributed by atoms with Gasteiger partial charge in [-0.05, 0) is 63.6 Å². The fourth-order valence-corrected chi connectivity index (χ4v) is 5.98. The van der Waals surface area contributed by atoms with E-state index in [0.717, 1.165) is 66.8 Å². The number of carbonyl (C=O) groups is 2. The molecule has 0 unspecified atom stereocenters. The molecular formula is C25H31ClN2O5S. The number of halogens is 1. The Balaban J connectivity index is 1.40. The molecule has 184 valence electrons. The van der Waals surface area contributed by atoms with Crippen molar-refractivity contribution in [1.29, 1.82) is 0 Å². The Bertz CT molecular complexity index is 1020. The van der Waals surface area contributed by atoms with E-state index in [9.17, 15) is 9.59 Å². The number of aryl methyl sites for hydroxylation is 1. The van der Waals surface area contributed by atoms with Crippen LogP contribution in [0.1, 0.15) is 62.6 Å². The second-order valence-electron chi connectivity index (χ2n) is 9.01. The van der Waals surface area contributed by atoms with Crippen molar-refractivity contribution >= 4 is 35.0 Å². The van der Waals surface area contributed by atoms with Crippen LogP contribution in [0.15, 0.2) is 18.2 Å². The number of thiophene rings is 1. The minimum absolute atomic E-state index is 0.0391. The standard InChI is InChI=1S/C25H31ClN2O5S/c1-15-21(33-19-9-5-6-16(12-19)24(29)31-2)11-10-20(27-15)23-17(13-22(26)34-23)14-32-25(30)28-18-7-3-4-8-18/h10-11,13,16,18-19H,3-9,12,14H2,1-2H3,(H,28,30)/t16-,19-/m0/s1. The average molecular weight is 507 g/mol. The fraction of sp³-hybridized carbons (Fsp3) is 0.560. The molecule has 0 aliphatic heterocycles. The van der Waals surface area contributed by atoms with Crippen molar-refractivity contribution in [2.24, 2.45) is 5.92 Å². The summed E-state index contributed by atoms with van der Waals surface area (Å²) in [7, 11) is 1.43. The zero-order valence-electron chi connectivity index (χ0n) is 19.6. The van der Waals surface area contributed by atoms with Crippen molar-refractivity contribution in [1.82, 2.24) is 10.3 Å². The maximum Gasteiger partial charge on any atom is 0.407 e. The Morgan fingerprint density at radius 3 is 2.71 bits per heavy atom. The minimum Gasteiger partial charge on any atom is -0.489 e. The first-order valence-electron chi connectivity index (χ1n) is 11.9. The van der Waals surface area contributed by atoms with Crippen molar-refractivity contribution in [2.45, 2.75) is 77.0 Å². The van der Waals surface area contributed by atoms with Crippen molar-refractivity contribution < 1.29 is 23.8 Å². The van der Waals surface area contributed by atoms with E-state index in [-0.39, 0.29) is 30.6 Å². The summed E-state index contributed by atoms with van der Waals surface area (Å²) < 4.78 is 17.2. The lowest BCUT2D eigenvalue weighted by Crippen LogP contribution is -2.32. The molecule has 0 bridgehead atoms. The van der Waals surface area contributed by atoms with Gasteiger partial charge in [0.25, 0.3) is 0 Å². The fourth-order valence-electron chi connectivity index (χ4n) is 4.75. The van der Waals surface area contributed by atoms with Gasteiger partial charge in [0.05, 0.1) is 39.7 Å². The van der Waals surface area contributed by atoms with Gasteiger partial charge in [-0.3, -0.25) is 4.79 Å². The number of ether oxygens (including phenoxy) is 3. The molecule has 2 heterocycles. The number of alkyl carbamates (subject to hydrolysis) is 1. The lowest BCUT2D eigenvalue weighted by molar-refractivity contribution is -0.147. The number of carbonyl (C=O) groups excluding carboxylic acids is 2. The van der Waals surface area contributed by atoms with E-state index >= 15 is 0 Å². The highest BCUT2D eigenvalue weighted by molar-refractivity contribution is 7.19. The summed E-state index contributed by atoms with van der Waals surface area (Å²) in [6, 6.07) is 5.83. The molecule has 2 aromatic rings. The van der Waals surface area contributed by atoms with E-state index in [1.807, 2.05) is 25.1 Å². The summed E-state index contributed by atoms with van der Waals surface area (Å²) >= 11 is 7.70. The molecule has 0 saturated heterocycles. The molecule has 2 fully saturated rings. The number of methoxy groups -OCH3 is 1. The summed E-state index contributed by atoms with van der Waals surface area (Å²) in [6.45, 7) is 2.03. The van der Waals surface area contributed by atoms with E-state index < -0.39 is 6.09 Å². The van der Waals surface area contributed by atoms with Gasteiger partial charge in [-0.25, -0.2) is 9.78 Å². The highest BCUT2D eigenvalue weighted by atomic mass is 35.5. The predicted molar refractivity (Wildman–Crippen MR) is 131 cm³/mol. The van der Waals surface area contributed by atoms with Crippen molar-refractivity contribution in [2.75, 3.05) is 7.11 Å². The number of nitrogens with zero attached hydrogens (tertiary/aromatic N) is 1. The zero-order valence-corrected chi connectivity index (χ0v) is 21.2. The Labute approximate surface area is 209 Å². The maximum atomic E-state index is 12.2. The second-order valence-corrected chi connectivity index (χ2v) is 10.7. The van der Waals surface area contributed by atoms with Gasteiger partial charge in [-0.1, -0.05) is 24.4 Å². The number of nitrogens with one attached hydrogen (secondary N) is 1. The van der Waals surface area contributed by atoms with Crippen LogP contribution in [0.2, 0.25) is 4.34 Å². The van der Waals surface area contributed by atoms with Crippen LogP contribution in [0, 0.1) is 12.8 Å². The van der Waals surface area contributed by atoms with Crippen LogP contribution in [-0.4, -0.2) is 36.3 Å². The van der Waals surface area contributed by atoms with Gasteiger partial charge in [0.15, 0.2) is 0 Å². The Kier molecular flexibility index (Phi) is 8.32.